The molecule has 134 valence electrons. The lowest BCUT2D eigenvalue weighted by Crippen LogP contribution is -2.09. The standard InChI is InChI=1S/C19H44OSi2/c1-3-4-5-6-7-8-9-10-11-12-13-14-15-16-17-18-19-22(2)20-21/h22H,3-19H2,1-2,21H3. The number of hydrogen-bond acceptors (Lipinski definition) is 1. The van der Waals surface area contributed by atoms with Gasteiger partial charge in [0.05, 0.1) is 0 Å². The summed E-state index contributed by atoms with van der Waals surface area (Å²) >= 11 is 0. The lowest BCUT2D eigenvalue weighted by molar-refractivity contribution is 0.530. The predicted molar refractivity (Wildman–Crippen MR) is 108 cm³/mol. The van der Waals surface area contributed by atoms with E-state index in [9.17, 15) is 0 Å². The zero-order valence-electron chi connectivity index (χ0n) is 16.0. The first-order chi connectivity index (χ1) is 10.8. The van der Waals surface area contributed by atoms with Crippen molar-refractivity contribution >= 4 is 19.5 Å². The highest BCUT2D eigenvalue weighted by atomic mass is 28.3. The molecule has 3 heteroatoms. The Hall–Kier alpha value is 0.394. The van der Waals surface area contributed by atoms with Gasteiger partial charge in [-0.2, -0.15) is 0 Å². The molecule has 0 heterocycles. The first-order valence-corrected chi connectivity index (χ1v) is 13.6. The second-order valence-corrected chi connectivity index (χ2v) is 11.2. The van der Waals surface area contributed by atoms with E-state index in [1.807, 2.05) is 0 Å². The molecule has 0 spiro atoms. The molecule has 0 aliphatic heterocycles. The Balaban J connectivity index is 2.97. The van der Waals surface area contributed by atoms with E-state index in [1.54, 1.807) is 0 Å². The van der Waals surface area contributed by atoms with Crippen LogP contribution in [0.4, 0.5) is 0 Å². The maximum Gasteiger partial charge on any atom is 0.159 e. The molecular formula is C19H44OSi2. The minimum absolute atomic E-state index is 0.713. The van der Waals surface area contributed by atoms with Gasteiger partial charge in [0, 0.05) is 0 Å². The summed E-state index contributed by atoms with van der Waals surface area (Å²) in [5, 5.41) is 0. The van der Waals surface area contributed by atoms with Crippen molar-refractivity contribution in [1.82, 2.24) is 0 Å². The van der Waals surface area contributed by atoms with Crippen LogP contribution in [-0.4, -0.2) is 19.5 Å². The first kappa shape index (κ1) is 22.4. The third-order valence-corrected chi connectivity index (χ3v) is 9.31. The number of unbranched alkanes of at least 4 members (excludes halogenated alkanes) is 15. The van der Waals surface area contributed by atoms with Crippen LogP contribution in [0.3, 0.4) is 0 Å². The molecule has 0 N–H and O–H groups in total. The van der Waals surface area contributed by atoms with Crippen molar-refractivity contribution in [3.05, 3.63) is 0 Å². The van der Waals surface area contributed by atoms with Crippen LogP contribution < -0.4 is 0 Å². The van der Waals surface area contributed by atoms with Crippen molar-refractivity contribution < 1.29 is 4.12 Å². The minimum Gasteiger partial charge on any atom is -0.466 e. The maximum absolute atomic E-state index is 5.55. The van der Waals surface area contributed by atoms with Crippen LogP contribution in [0.25, 0.3) is 0 Å². The average Bonchev–Trinajstić information content (AvgIpc) is 2.54. The lowest BCUT2D eigenvalue weighted by atomic mass is 10.0. The summed E-state index contributed by atoms with van der Waals surface area (Å²) in [7, 11) is 0.243. The number of rotatable bonds is 18. The van der Waals surface area contributed by atoms with Gasteiger partial charge >= 0.3 is 0 Å². The molecule has 1 atom stereocenters. The van der Waals surface area contributed by atoms with Crippen LogP contribution in [-0.2, 0) is 4.12 Å². The Morgan fingerprint density at radius 3 is 1.23 bits per heavy atom. The van der Waals surface area contributed by atoms with E-state index in [-0.39, 0.29) is 0 Å². The number of hydrogen-bond donors (Lipinski definition) is 0. The summed E-state index contributed by atoms with van der Waals surface area (Å²) in [6, 6.07) is 1.40. The molecular weight excluding hydrogens is 300 g/mol. The highest BCUT2D eigenvalue weighted by Crippen LogP contribution is 2.14. The topological polar surface area (TPSA) is 9.23 Å². The van der Waals surface area contributed by atoms with Crippen LogP contribution in [0.1, 0.15) is 110 Å². The molecule has 22 heavy (non-hydrogen) atoms. The van der Waals surface area contributed by atoms with Crippen molar-refractivity contribution in [1.29, 1.82) is 0 Å². The molecule has 1 unspecified atom stereocenters. The van der Waals surface area contributed by atoms with Gasteiger partial charge in [0.25, 0.3) is 0 Å². The molecule has 0 aromatic carbocycles. The summed E-state index contributed by atoms with van der Waals surface area (Å²) in [6.45, 7) is 4.64. The average molecular weight is 345 g/mol. The third kappa shape index (κ3) is 18.4. The fourth-order valence-electron chi connectivity index (χ4n) is 3.10. The van der Waals surface area contributed by atoms with E-state index in [2.05, 4.69) is 13.5 Å². The molecule has 0 bridgehead atoms. The van der Waals surface area contributed by atoms with Gasteiger partial charge < -0.3 is 4.12 Å². The molecule has 1 nitrogen and oxygen atoms in total. The normalized spacial score (nSPS) is 12.8. The van der Waals surface area contributed by atoms with Crippen molar-refractivity contribution in [3.8, 4) is 0 Å². The Kier molecular flexibility index (Phi) is 19.8. The Labute approximate surface area is 146 Å². The summed E-state index contributed by atoms with van der Waals surface area (Å²) in [5.74, 6) is 0. The van der Waals surface area contributed by atoms with Gasteiger partial charge in [-0.1, -0.05) is 110 Å². The minimum atomic E-state index is -0.713. The maximum atomic E-state index is 5.55. The van der Waals surface area contributed by atoms with Gasteiger partial charge in [-0.25, -0.2) is 0 Å². The Bertz CT molecular complexity index is 200. The van der Waals surface area contributed by atoms with E-state index in [0.717, 1.165) is 10.5 Å². The van der Waals surface area contributed by atoms with Gasteiger partial charge in [0.15, 0.2) is 9.04 Å². The molecule has 0 saturated carbocycles. The van der Waals surface area contributed by atoms with Gasteiger partial charge in [-0.3, -0.25) is 0 Å². The van der Waals surface area contributed by atoms with Crippen molar-refractivity contribution in [2.75, 3.05) is 0 Å². The van der Waals surface area contributed by atoms with Crippen LogP contribution in [0, 0.1) is 0 Å². The van der Waals surface area contributed by atoms with Crippen molar-refractivity contribution in [2.24, 2.45) is 0 Å². The first-order valence-electron chi connectivity index (χ1n) is 10.3. The summed E-state index contributed by atoms with van der Waals surface area (Å²) in [5.41, 5.74) is 0. The molecule has 0 fully saturated rings. The van der Waals surface area contributed by atoms with Gasteiger partial charge in [0.2, 0.25) is 0 Å². The zero-order chi connectivity index (χ0) is 16.3. The lowest BCUT2D eigenvalue weighted by Gasteiger charge is -2.07. The molecule has 0 rings (SSSR count). The summed E-state index contributed by atoms with van der Waals surface area (Å²) in [6.07, 6.45) is 23.4. The second-order valence-electron chi connectivity index (χ2n) is 7.14. The molecule has 0 aliphatic rings. The zero-order valence-corrected chi connectivity index (χ0v) is 19.2. The highest BCUT2D eigenvalue weighted by molar-refractivity contribution is 6.54. The van der Waals surface area contributed by atoms with Crippen LogP contribution in [0.15, 0.2) is 0 Å². The van der Waals surface area contributed by atoms with Crippen molar-refractivity contribution in [2.45, 2.75) is 122 Å². The molecule has 0 saturated heterocycles. The molecule has 0 aliphatic carbocycles. The van der Waals surface area contributed by atoms with Crippen molar-refractivity contribution in [3.63, 3.8) is 0 Å². The summed E-state index contributed by atoms with van der Waals surface area (Å²) < 4.78 is 5.55. The monoisotopic (exact) mass is 344 g/mol. The van der Waals surface area contributed by atoms with Crippen LogP contribution >= 0.6 is 0 Å². The van der Waals surface area contributed by atoms with E-state index in [4.69, 9.17) is 4.12 Å². The van der Waals surface area contributed by atoms with E-state index in [1.165, 1.54) is 109 Å². The Morgan fingerprint density at radius 2 is 0.909 bits per heavy atom. The molecule has 0 radical (unpaired) electrons. The van der Waals surface area contributed by atoms with E-state index in [0.29, 0.717) is 0 Å². The van der Waals surface area contributed by atoms with E-state index >= 15 is 0 Å². The smallest absolute Gasteiger partial charge is 0.159 e. The third-order valence-electron chi connectivity index (χ3n) is 4.87. The van der Waals surface area contributed by atoms with Crippen LogP contribution in [0.5, 0.6) is 0 Å². The van der Waals surface area contributed by atoms with Gasteiger partial charge in [-0.15, -0.1) is 0 Å². The van der Waals surface area contributed by atoms with Gasteiger partial charge in [-0.05, 0) is 12.6 Å². The SMILES string of the molecule is CCCCCCCCCCCCCCCCCC[SiH](C)O[SiH3]. The molecule has 0 amide bonds. The molecule has 0 aromatic rings. The Morgan fingerprint density at radius 1 is 0.591 bits per heavy atom. The molecule has 0 aromatic heterocycles. The van der Waals surface area contributed by atoms with Crippen LogP contribution in [0.2, 0.25) is 12.6 Å². The predicted octanol–water partition coefficient (Wildman–Crippen LogP) is 5.90. The van der Waals surface area contributed by atoms with Gasteiger partial charge in [0.1, 0.15) is 10.5 Å². The van der Waals surface area contributed by atoms with E-state index < -0.39 is 9.04 Å². The largest absolute Gasteiger partial charge is 0.466 e. The highest BCUT2D eigenvalue weighted by Gasteiger charge is 2.00. The summed E-state index contributed by atoms with van der Waals surface area (Å²) in [4.78, 5) is 0. The second kappa shape index (κ2) is 19.4. The fraction of sp³-hybridized carbons (Fsp3) is 1.00. The fourth-order valence-corrected chi connectivity index (χ4v) is 4.90. The quantitative estimate of drug-likeness (QED) is 0.222.